The van der Waals surface area contributed by atoms with E-state index in [4.69, 9.17) is 5.73 Å². The predicted octanol–water partition coefficient (Wildman–Crippen LogP) is 3.02. The van der Waals surface area contributed by atoms with Crippen LogP contribution in [0.3, 0.4) is 0 Å². The van der Waals surface area contributed by atoms with Crippen molar-refractivity contribution in [3.8, 4) is 0 Å². The largest absolute Gasteiger partial charge is 0.370 e. The van der Waals surface area contributed by atoms with E-state index in [0.717, 1.165) is 17.1 Å². The molecule has 3 N–H and O–H groups in total. The van der Waals surface area contributed by atoms with Crippen molar-refractivity contribution in [1.82, 2.24) is 4.98 Å². The molecule has 1 atom stereocenters. The summed E-state index contributed by atoms with van der Waals surface area (Å²) in [6.45, 7) is 2.07. The number of para-hydroxylation sites is 1. The number of benzene rings is 1. The summed E-state index contributed by atoms with van der Waals surface area (Å²) < 4.78 is 0. The molecule has 2 rings (SSSR count). The molecule has 1 heterocycles. The Bertz CT molecular complexity index is 493. The first-order chi connectivity index (χ1) is 8.79. The van der Waals surface area contributed by atoms with E-state index >= 15 is 0 Å². The third kappa shape index (κ3) is 3.30. The highest BCUT2D eigenvalue weighted by molar-refractivity contribution is 7.09. The quantitative estimate of drug-likeness (QED) is 0.656. The molecule has 0 spiro atoms. The fourth-order valence-electron chi connectivity index (χ4n) is 1.59. The van der Waals surface area contributed by atoms with Crippen molar-refractivity contribution in [3.05, 3.63) is 46.9 Å². The number of thiazole rings is 1. The molecule has 18 heavy (non-hydrogen) atoms. The van der Waals surface area contributed by atoms with Crippen LogP contribution in [0, 0.1) is 0 Å². The van der Waals surface area contributed by atoms with Crippen LogP contribution in [0.15, 0.2) is 46.9 Å². The average Bonchev–Trinajstić information content (AvgIpc) is 2.91. The molecule has 0 amide bonds. The third-order valence-corrected chi connectivity index (χ3v) is 3.34. The van der Waals surface area contributed by atoms with Gasteiger partial charge in [0, 0.05) is 17.3 Å². The van der Waals surface area contributed by atoms with Crippen LogP contribution in [0.25, 0.3) is 0 Å². The second kappa shape index (κ2) is 6.16. The number of nitrogens with one attached hydrogen (secondary N) is 1. The number of rotatable bonds is 4. The number of aliphatic imine (C=N–C) groups is 1. The summed E-state index contributed by atoms with van der Waals surface area (Å²) in [5, 5.41) is 6.02. The molecule has 0 aliphatic carbocycles. The van der Waals surface area contributed by atoms with Gasteiger partial charge in [0.05, 0.1) is 0 Å². The smallest absolute Gasteiger partial charge is 0.193 e. The Morgan fingerprint density at radius 1 is 1.44 bits per heavy atom. The summed E-state index contributed by atoms with van der Waals surface area (Å²) in [6, 6.07) is 9.80. The predicted molar refractivity (Wildman–Crippen MR) is 76.8 cm³/mol. The number of aromatic nitrogens is 1. The zero-order valence-electron chi connectivity index (χ0n) is 10.2. The topological polar surface area (TPSA) is 63.3 Å². The Morgan fingerprint density at radius 3 is 2.83 bits per heavy atom. The molecule has 0 bridgehead atoms. The molecule has 1 aromatic carbocycles. The van der Waals surface area contributed by atoms with Crippen LogP contribution in [0.4, 0.5) is 5.69 Å². The molecule has 94 valence electrons. The van der Waals surface area contributed by atoms with E-state index in [1.54, 1.807) is 17.5 Å². The van der Waals surface area contributed by atoms with Crippen LogP contribution >= 0.6 is 11.3 Å². The van der Waals surface area contributed by atoms with Gasteiger partial charge < -0.3 is 11.1 Å². The van der Waals surface area contributed by atoms with Gasteiger partial charge in [-0.1, -0.05) is 25.1 Å². The van der Waals surface area contributed by atoms with Crippen LogP contribution < -0.4 is 11.1 Å². The van der Waals surface area contributed by atoms with Crippen LogP contribution in [0.2, 0.25) is 0 Å². The molecular weight excluding hydrogens is 244 g/mol. The van der Waals surface area contributed by atoms with Gasteiger partial charge in [-0.3, -0.25) is 0 Å². The number of hydrogen-bond donors (Lipinski definition) is 2. The highest BCUT2D eigenvalue weighted by Gasteiger charge is 2.10. The molecule has 0 saturated carbocycles. The minimum atomic E-state index is 0.0289. The van der Waals surface area contributed by atoms with Gasteiger partial charge in [0.15, 0.2) is 5.96 Å². The molecule has 1 unspecified atom stereocenters. The summed E-state index contributed by atoms with van der Waals surface area (Å²) in [4.78, 5) is 8.74. The number of nitrogens with two attached hydrogens (primary N) is 1. The molecule has 4 nitrogen and oxygen atoms in total. The molecule has 0 aliphatic rings. The van der Waals surface area contributed by atoms with Crippen LogP contribution in [0.5, 0.6) is 0 Å². The molecular formula is C13H16N4S. The van der Waals surface area contributed by atoms with Gasteiger partial charge in [-0.15, -0.1) is 11.3 Å². The average molecular weight is 260 g/mol. The molecule has 1 aromatic heterocycles. The molecule has 0 saturated heterocycles. The second-order valence-electron chi connectivity index (χ2n) is 3.80. The SMILES string of the molecule is CCC(N=C(N)Nc1ccccc1)c1nccs1. The second-order valence-corrected chi connectivity index (χ2v) is 4.73. The van der Waals surface area contributed by atoms with E-state index in [1.165, 1.54) is 0 Å². The zero-order valence-corrected chi connectivity index (χ0v) is 11.0. The summed E-state index contributed by atoms with van der Waals surface area (Å²) >= 11 is 1.60. The lowest BCUT2D eigenvalue weighted by molar-refractivity contribution is 0.694. The summed E-state index contributed by atoms with van der Waals surface area (Å²) in [5.74, 6) is 0.420. The number of anilines is 1. The van der Waals surface area contributed by atoms with Crippen LogP contribution in [0.1, 0.15) is 24.4 Å². The van der Waals surface area contributed by atoms with E-state index in [0.29, 0.717) is 5.96 Å². The Morgan fingerprint density at radius 2 is 2.22 bits per heavy atom. The fourth-order valence-corrected chi connectivity index (χ4v) is 2.35. The van der Waals surface area contributed by atoms with E-state index in [1.807, 2.05) is 35.7 Å². The van der Waals surface area contributed by atoms with Gasteiger partial charge in [-0.2, -0.15) is 0 Å². The van der Waals surface area contributed by atoms with Crippen LogP contribution in [-0.2, 0) is 0 Å². The fraction of sp³-hybridized carbons (Fsp3) is 0.231. The maximum atomic E-state index is 5.90. The Kier molecular flexibility index (Phi) is 4.30. The summed E-state index contributed by atoms with van der Waals surface area (Å²) in [7, 11) is 0. The van der Waals surface area contributed by atoms with Crippen molar-refractivity contribution in [3.63, 3.8) is 0 Å². The number of guanidine groups is 1. The number of hydrogen-bond acceptors (Lipinski definition) is 3. The Labute approximate surface area is 111 Å². The van der Waals surface area contributed by atoms with E-state index in [9.17, 15) is 0 Å². The lowest BCUT2D eigenvalue weighted by Crippen LogP contribution is -2.23. The highest BCUT2D eigenvalue weighted by Crippen LogP contribution is 2.22. The van der Waals surface area contributed by atoms with Gasteiger partial charge in [0.25, 0.3) is 0 Å². The lowest BCUT2D eigenvalue weighted by Gasteiger charge is -2.10. The molecule has 5 heteroatoms. The first kappa shape index (κ1) is 12.6. The van der Waals surface area contributed by atoms with Gasteiger partial charge in [0.2, 0.25) is 0 Å². The number of nitrogens with zero attached hydrogens (tertiary/aromatic N) is 2. The lowest BCUT2D eigenvalue weighted by atomic mass is 10.2. The van der Waals surface area contributed by atoms with Gasteiger partial charge in [-0.25, -0.2) is 9.98 Å². The van der Waals surface area contributed by atoms with Crippen molar-refractivity contribution in [2.45, 2.75) is 19.4 Å². The highest BCUT2D eigenvalue weighted by atomic mass is 32.1. The third-order valence-electron chi connectivity index (χ3n) is 2.46. The monoisotopic (exact) mass is 260 g/mol. The standard InChI is InChI=1S/C13H16N4S/c1-2-11(12-15-8-9-18-12)17-13(14)16-10-6-4-3-5-7-10/h3-9,11H,2H2,1H3,(H3,14,16,17). The van der Waals surface area contributed by atoms with E-state index in [-0.39, 0.29) is 6.04 Å². The molecule has 0 aliphatic heterocycles. The van der Waals surface area contributed by atoms with Crippen molar-refractivity contribution < 1.29 is 0 Å². The van der Waals surface area contributed by atoms with E-state index < -0.39 is 0 Å². The minimum Gasteiger partial charge on any atom is -0.370 e. The Balaban J connectivity index is 2.07. The van der Waals surface area contributed by atoms with Crippen molar-refractivity contribution in [1.29, 1.82) is 0 Å². The summed E-state index contributed by atoms with van der Waals surface area (Å²) in [5.41, 5.74) is 6.84. The van der Waals surface area contributed by atoms with E-state index in [2.05, 4.69) is 22.2 Å². The molecule has 2 aromatic rings. The maximum absolute atomic E-state index is 5.90. The first-order valence-electron chi connectivity index (χ1n) is 5.84. The van der Waals surface area contributed by atoms with Gasteiger partial charge in [0.1, 0.15) is 11.0 Å². The van der Waals surface area contributed by atoms with Gasteiger partial charge >= 0.3 is 0 Å². The van der Waals surface area contributed by atoms with Gasteiger partial charge in [-0.05, 0) is 18.6 Å². The first-order valence-corrected chi connectivity index (χ1v) is 6.72. The normalized spacial score (nSPS) is 13.3. The molecule has 0 fully saturated rings. The Hall–Kier alpha value is -1.88. The summed E-state index contributed by atoms with van der Waals surface area (Å²) in [6.07, 6.45) is 2.67. The van der Waals surface area contributed by atoms with Crippen molar-refractivity contribution >= 4 is 23.0 Å². The maximum Gasteiger partial charge on any atom is 0.193 e. The van der Waals surface area contributed by atoms with Crippen LogP contribution in [-0.4, -0.2) is 10.9 Å². The van der Waals surface area contributed by atoms with Crippen molar-refractivity contribution in [2.24, 2.45) is 10.7 Å². The molecule has 0 radical (unpaired) electrons. The minimum absolute atomic E-state index is 0.0289. The van der Waals surface area contributed by atoms with Crippen molar-refractivity contribution in [2.75, 3.05) is 5.32 Å². The zero-order chi connectivity index (χ0) is 12.8.